The van der Waals surface area contributed by atoms with Gasteiger partial charge in [-0.25, -0.2) is 9.97 Å². The van der Waals surface area contributed by atoms with Crippen LogP contribution in [0.15, 0.2) is 17.4 Å². The number of hydrogen-bond donors (Lipinski definition) is 3. The largest absolute Gasteiger partial charge is 0.480 e. The lowest BCUT2D eigenvalue weighted by molar-refractivity contribution is -0.138. The van der Waals surface area contributed by atoms with E-state index < -0.39 is 12.0 Å². The lowest BCUT2D eigenvalue weighted by atomic mass is 10.3. The molecule has 8 heteroatoms. The summed E-state index contributed by atoms with van der Waals surface area (Å²) in [4.78, 5) is 32.0. The number of imidazole rings is 1. The molecule has 0 bridgehead atoms. The maximum absolute atomic E-state index is 11.3. The lowest BCUT2D eigenvalue weighted by Crippen LogP contribution is -2.34. The zero-order valence-electron chi connectivity index (χ0n) is 8.12. The van der Waals surface area contributed by atoms with E-state index in [0.717, 1.165) is 0 Å². The number of aromatic nitrogens is 4. The molecule has 0 amide bonds. The molecule has 0 aromatic carbocycles. The normalized spacial score (nSPS) is 12.8. The van der Waals surface area contributed by atoms with Gasteiger partial charge in [-0.05, 0) is 0 Å². The number of nitrogens with two attached hydrogens (primary N) is 1. The fraction of sp³-hybridized carbons (Fsp3) is 0.250. The molecule has 0 spiro atoms. The number of nitrogens with one attached hydrogen (secondary N) is 1. The molecule has 4 N–H and O–H groups in total. The molecule has 0 saturated carbocycles. The molecule has 0 aliphatic heterocycles. The van der Waals surface area contributed by atoms with Crippen molar-refractivity contribution in [3.63, 3.8) is 0 Å². The summed E-state index contributed by atoms with van der Waals surface area (Å²) in [6.07, 6.45) is 2.57. The van der Waals surface area contributed by atoms with Crippen LogP contribution in [0, 0.1) is 0 Å². The summed E-state index contributed by atoms with van der Waals surface area (Å²) in [6.45, 7) is 0.0162. The molecular formula is C8H9N5O3. The van der Waals surface area contributed by atoms with E-state index in [4.69, 9.17) is 10.8 Å². The van der Waals surface area contributed by atoms with E-state index in [2.05, 4.69) is 15.0 Å². The zero-order chi connectivity index (χ0) is 11.7. The Hall–Kier alpha value is -2.22. The summed E-state index contributed by atoms with van der Waals surface area (Å²) in [5.74, 6) is -1.12. The van der Waals surface area contributed by atoms with Gasteiger partial charge in [0, 0.05) is 0 Å². The van der Waals surface area contributed by atoms with Gasteiger partial charge in [0.15, 0.2) is 11.2 Å². The van der Waals surface area contributed by atoms with E-state index >= 15 is 0 Å². The molecule has 0 saturated heterocycles. The van der Waals surface area contributed by atoms with Crippen molar-refractivity contribution in [2.75, 3.05) is 0 Å². The fourth-order valence-electron chi connectivity index (χ4n) is 1.32. The van der Waals surface area contributed by atoms with E-state index in [1.807, 2.05) is 0 Å². The number of carboxylic acid groups (broad SMARTS) is 1. The fourth-order valence-corrected chi connectivity index (χ4v) is 1.32. The van der Waals surface area contributed by atoms with Crippen molar-refractivity contribution in [2.24, 2.45) is 5.73 Å². The smallest absolute Gasteiger partial charge is 0.322 e. The summed E-state index contributed by atoms with van der Waals surface area (Å²) in [7, 11) is 0. The Balaban J connectivity index is 2.43. The highest BCUT2D eigenvalue weighted by Crippen LogP contribution is 2.04. The molecule has 0 unspecified atom stereocenters. The van der Waals surface area contributed by atoms with Gasteiger partial charge in [0.25, 0.3) is 5.56 Å². The monoisotopic (exact) mass is 223 g/mol. The minimum absolute atomic E-state index is 0.0162. The van der Waals surface area contributed by atoms with Crippen molar-refractivity contribution in [1.29, 1.82) is 0 Å². The van der Waals surface area contributed by atoms with Crippen LogP contribution in [0.4, 0.5) is 0 Å². The molecule has 0 aliphatic rings. The van der Waals surface area contributed by atoms with Gasteiger partial charge in [-0.3, -0.25) is 9.59 Å². The Morgan fingerprint density at radius 2 is 2.38 bits per heavy atom. The topological polar surface area (TPSA) is 127 Å². The quantitative estimate of drug-likeness (QED) is 0.583. The predicted molar refractivity (Wildman–Crippen MR) is 53.8 cm³/mol. The number of fused-ring (bicyclic) bond motifs is 1. The molecule has 2 rings (SSSR count). The third-order valence-corrected chi connectivity index (χ3v) is 2.12. The molecule has 8 nitrogen and oxygen atoms in total. The first-order valence-electron chi connectivity index (χ1n) is 4.46. The van der Waals surface area contributed by atoms with E-state index in [-0.39, 0.29) is 17.6 Å². The van der Waals surface area contributed by atoms with Crippen LogP contribution in [0.1, 0.15) is 0 Å². The van der Waals surface area contributed by atoms with Crippen molar-refractivity contribution in [2.45, 2.75) is 12.6 Å². The highest BCUT2D eigenvalue weighted by molar-refractivity contribution is 5.74. The zero-order valence-corrected chi connectivity index (χ0v) is 8.12. The second-order valence-electron chi connectivity index (χ2n) is 3.25. The minimum atomic E-state index is -1.12. The number of carboxylic acids is 1. The van der Waals surface area contributed by atoms with E-state index in [1.165, 1.54) is 17.2 Å². The molecule has 84 valence electrons. The summed E-state index contributed by atoms with van der Waals surface area (Å²) in [5, 5.41) is 8.66. The predicted octanol–water partition coefficient (Wildman–Crippen LogP) is -1.47. The minimum Gasteiger partial charge on any atom is -0.480 e. The van der Waals surface area contributed by atoms with Crippen molar-refractivity contribution >= 4 is 17.1 Å². The van der Waals surface area contributed by atoms with E-state index in [1.54, 1.807) is 0 Å². The van der Waals surface area contributed by atoms with Gasteiger partial charge in [-0.15, -0.1) is 0 Å². The summed E-state index contributed by atoms with van der Waals surface area (Å²) >= 11 is 0. The number of aliphatic carboxylic acids is 1. The average molecular weight is 223 g/mol. The molecule has 1 atom stereocenters. The van der Waals surface area contributed by atoms with Crippen molar-refractivity contribution in [3.05, 3.63) is 23.0 Å². The van der Waals surface area contributed by atoms with Gasteiger partial charge in [0.2, 0.25) is 0 Å². The van der Waals surface area contributed by atoms with Crippen molar-refractivity contribution in [1.82, 2.24) is 19.5 Å². The number of carbonyl (C=O) groups is 1. The number of hydrogen-bond acceptors (Lipinski definition) is 5. The summed E-state index contributed by atoms with van der Waals surface area (Å²) < 4.78 is 1.43. The SMILES string of the molecule is N[C@@H](Cn1cnc2c(=O)[nH]cnc21)C(=O)O. The molecule has 2 aromatic heterocycles. The van der Waals surface area contributed by atoms with Crippen LogP contribution in [0.2, 0.25) is 0 Å². The van der Waals surface area contributed by atoms with Crippen molar-refractivity contribution < 1.29 is 9.90 Å². The van der Waals surface area contributed by atoms with Gasteiger partial charge in [0.05, 0.1) is 19.2 Å². The van der Waals surface area contributed by atoms with Crippen LogP contribution in [0.25, 0.3) is 11.2 Å². The standard InChI is InChI=1S/C8H9N5O3/c9-4(8(15)16)1-13-3-12-5-6(13)10-2-11-7(5)14/h2-4H,1,9H2,(H,15,16)(H,10,11,14)/t4-/m0/s1. The Morgan fingerprint density at radius 1 is 1.62 bits per heavy atom. The lowest BCUT2D eigenvalue weighted by Gasteiger charge is -2.06. The van der Waals surface area contributed by atoms with E-state index in [0.29, 0.717) is 5.65 Å². The Bertz CT molecular complexity index is 587. The molecular weight excluding hydrogens is 214 g/mol. The highest BCUT2D eigenvalue weighted by Gasteiger charge is 2.15. The van der Waals surface area contributed by atoms with E-state index in [9.17, 15) is 9.59 Å². The number of H-pyrrole nitrogens is 1. The van der Waals surface area contributed by atoms with Gasteiger partial charge < -0.3 is 20.4 Å². The van der Waals surface area contributed by atoms with Crippen LogP contribution < -0.4 is 11.3 Å². The highest BCUT2D eigenvalue weighted by atomic mass is 16.4. The Labute approximate surface area is 88.7 Å². The second kappa shape index (κ2) is 3.74. The Morgan fingerprint density at radius 3 is 3.06 bits per heavy atom. The van der Waals surface area contributed by atoms with Gasteiger partial charge in [0.1, 0.15) is 6.04 Å². The molecule has 0 fully saturated rings. The number of nitrogens with zero attached hydrogens (tertiary/aromatic N) is 3. The van der Waals surface area contributed by atoms with Crippen LogP contribution in [0.3, 0.4) is 0 Å². The van der Waals surface area contributed by atoms with Crippen LogP contribution in [-0.2, 0) is 11.3 Å². The van der Waals surface area contributed by atoms with Gasteiger partial charge in [-0.1, -0.05) is 0 Å². The van der Waals surface area contributed by atoms with Crippen LogP contribution in [0.5, 0.6) is 0 Å². The maximum Gasteiger partial charge on any atom is 0.322 e. The average Bonchev–Trinajstić information content (AvgIpc) is 2.63. The Kier molecular flexibility index (Phi) is 2.41. The van der Waals surface area contributed by atoms with Gasteiger partial charge >= 0.3 is 5.97 Å². The molecule has 0 aliphatic carbocycles. The van der Waals surface area contributed by atoms with Crippen molar-refractivity contribution in [3.8, 4) is 0 Å². The molecule has 0 radical (unpaired) electrons. The first kappa shape index (κ1) is 10.3. The van der Waals surface area contributed by atoms with Crippen LogP contribution >= 0.6 is 0 Å². The molecule has 2 heterocycles. The summed E-state index contributed by atoms with van der Waals surface area (Å²) in [6, 6.07) is -1.06. The molecule has 2 aromatic rings. The third-order valence-electron chi connectivity index (χ3n) is 2.12. The third kappa shape index (κ3) is 1.65. The first-order valence-corrected chi connectivity index (χ1v) is 4.46. The first-order chi connectivity index (χ1) is 7.59. The second-order valence-corrected chi connectivity index (χ2v) is 3.25. The van der Waals surface area contributed by atoms with Gasteiger partial charge in [-0.2, -0.15) is 0 Å². The molecule has 16 heavy (non-hydrogen) atoms. The maximum atomic E-state index is 11.3. The summed E-state index contributed by atoms with van der Waals surface area (Å²) in [5.41, 5.74) is 5.49. The van der Waals surface area contributed by atoms with Crippen LogP contribution in [-0.4, -0.2) is 36.6 Å². The number of aromatic amines is 1. The number of rotatable bonds is 3.